The molecule has 1 N–H and O–H groups in total. The number of ether oxygens (including phenoxy) is 2. The zero-order valence-corrected chi connectivity index (χ0v) is 20.5. The Labute approximate surface area is 209 Å². The number of rotatable bonds is 8. The van der Waals surface area contributed by atoms with Gasteiger partial charge in [-0.1, -0.05) is 54.2 Å². The first-order valence-electron chi connectivity index (χ1n) is 11.3. The van der Waals surface area contributed by atoms with E-state index in [4.69, 9.17) is 14.5 Å². The molecular weight excluding hydrogens is 462 g/mol. The van der Waals surface area contributed by atoms with Gasteiger partial charge in [-0.25, -0.2) is 4.99 Å². The van der Waals surface area contributed by atoms with E-state index in [0.717, 1.165) is 11.3 Å². The molecule has 0 aliphatic carbocycles. The Morgan fingerprint density at radius 1 is 1.06 bits per heavy atom. The van der Waals surface area contributed by atoms with E-state index in [1.54, 1.807) is 24.1 Å². The van der Waals surface area contributed by atoms with Crippen molar-refractivity contribution >= 4 is 40.1 Å². The molecule has 1 aliphatic rings. The topological polar surface area (TPSA) is 80.2 Å². The van der Waals surface area contributed by atoms with Crippen molar-refractivity contribution in [1.29, 1.82) is 0 Å². The van der Waals surface area contributed by atoms with Crippen molar-refractivity contribution in [2.45, 2.75) is 25.1 Å². The summed E-state index contributed by atoms with van der Waals surface area (Å²) in [4.78, 5) is 32.8. The second kappa shape index (κ2) is 11.6. The number of para-hydroxylation sites is 2. The Morgan fingerprint density at radius 3 is 2.49 bits per heavy atom. The van der Waals surface area contributed by atoms with E-state index in [1.165, 1.54) is 11.8 Å². The lowest BCUT2D eigenvalue weighted by Gasteiger charge is -2.32. The fourth-order valence-electron chi connectivity index (χ4n) is 3.62. The molecule has 0 bridgehead atoms. The van der Waals surface area contributed by atoms with Gasteiger partial charge in [0.2, 0.25) is 11.8 Å². The molecule has 0 spiro atoms. The number of aliphatic imine (C=N–C) groups is 1. The minimum Gasteiger partial charge on any atom is -0.495 e. The summed E-state index contributed by atoms with van der Waals surface area (Å²) in [6.45, 7) is 2.88. The highest BCUT2D eigenvalue weighted by Crippen LogP contribution is 2.32. The summed E-state index contributed by atoms with van der Waals surface area (Å²) in [5.41, 5.74) is 2.22. The molecule has 0 radical (unpaired) electrons. The van der Waals surface area contributed by atoms with Gasteiger partial charge >= 0.3 is 0 Å². The van der Waals surface area contributed by atoms with Crippen molar-refractivity contribution < 1.29 is 19.1 Å². The van der Waals surface area contributed by atoms with Gasteiger partial charge in [0, 0.05) is 6.42 Å². The number of anilines is 1. The number of hydrogen-bond donors (Lipinski definition) is 1. The van der Waals surface area contributed by atoms with Crippen LogP contribution in [0.25, 0.3) is 0 Å². The van der Waals surface area contributed by atoms with Crippen molar-refractivity contribution in [2.75, 3.05) is 19.0 Å². The highest BCUT2D eigenvalue weighted by Gasteiger charge is 2.36. The molecule has 35 heavy (non-hydrogen) atoms. The van der Waals surface area contributed by atoms with Crippen LogP contribution in [0.1, 0.15) is 18.9 Å². The largest absolute Gasteiger partial charge is 0.495 e. The summed E-state index contributed by atoms with van der Waals surface area (Å²) >= 11 is 1.28. The number of methoxy groups -OCH3 is 1. The molecule has 3 aromatic rings. The maximum absolute atomic E-state index is 13.2. The molecule has 1 aliphatic heterocycles. The van der Waals surface area contributed by atoms with Gasteiger partial charge in [0.25, 0.3) is 0 Å². The van der Waals surface area contributed by atoms with Crippen LogP contribution >= 0.6 is 11.8 Å². The van der Waals surface area contributed by atoms with Crippen molar-refractivity contribution in [3.63, 3.8) is 0 Å². The molecule has 4 rings (SSSR count). The molecule has 1 saturated heterocycles. The van der Waals surface area contributed by atoms with Crippen LogP contribution in [0.3, 0.4) is 0 Å². The minimum absolute atomic E-state index is 0.0702. The molecule has 0 saturated carbocycles. The summed E-state index contributed by atoms with van der Waals surface area (Å²) < 4.78 is 10.8. The number of hydrogen-bond acceptors (Lipinski definition) is 6. The highest BCUT2D eigenvalue weighted by molar-refractivity contribution is 8.15. The van der Waals surface area contributed by atoms with Crippen molar-refractivity contribution in [3.8, 4) is 11.5 Å². The highest BCUT2D eigenvalue weighted by atomic mass is 32.2. The van der Waals surface area contributed by atoms with Crippen molar-refractivity contribution in [2.24, 2.45) is 4.99 Å². The fraction of sp³-hybridized carbons (Fsp3) is 0.222. The zero-order valence-electron chi connectivity index (χ0n) is 19.6. The molecule has 0 unspecified atom stereocenters. The second-order valence-corrected chi connectivity index (χ2v) is 8.96. The monoisotopic (exact) mass is 489 g/mol. The molecule has 0 aromatic heterocycles. The van der Waals surface area contributed by atoms with Gasteiger partial charge in [0.05, 0.1) is 31.6 Å². The van der Waals surface area contributed by atoms with E-state index in [2.05, 4.69) is 5.32 Å². The third kappa shape index (κ3) is 6.22. The maximum Gasteiger partial charge on any atom is 0.238 e. The number of carbonyl (C=O) groups excluding carboxylic acids is 2. The van der Waals surface area contributed by atoms with Gasteiger partial charge in [0.15, 0.2) is 5.17 Å². The number of amidine groups is 1. The summed E-state index contributed by atoms with van der Waals surface area (Å²) in [5.74, 6) is 0.880. The Morgan fingerprint density at radius 2 is 1.77 bits per heavy atom. The average molecular weight is 490 g/mol. The molecule has 1 heterocycles. The lowest BCUT2D eigenvalue weighted by molar-refractivity contribution is -0.129. The molecule has 1 fully saturated rings. The molecular formula is C27H27N3O4S. The van der Waals surface area contributed by atoms with E-state index in [0.29, 0.717) is 35.4 Å². The third-order valence-electron chi connectivity index (χ3n) is 5.35. The maximum atomic E-state index is 13.2. The van der Waals surface area contributed by atoms with Gasteiger partial charge < -0.3 is 14.8 Å². The SMILES string of the molecule is CCOc1ccc(N=C2S[C@H](C(=O)Nc3ccccc3OC)CC(=O)N2Cc2ccccc2)cc1. The summed E-state index contributed by atoms with van der Waals surface area (Å²) in [6.07, 6.45) is 0.0702. The smallest absolute Gasteiger partial charge is 0.238 e. The zero-order chi connectivity index (χ0) is 24.6. The molecule has 180 valence electrons. The van der Waals surface area contributed by atoms with Crippen molar-refractivity contribution in [3.05, 3.63) is 84.4 Å². The summed E-state index contributed by atoms with van der Waals surface area (Å²) in [6, 6.07) is 24.3. The normalized spacial score (nSPS) is 16.7. The first-order chi connectivity index (χ1) is 17.1. The number of benzene rings is 3. The number of carbonyl (C=O) groups is 2. The van der Waals surface area contributed by atoms with Crippen LogP contribution in [-0.4, -0.2) is 40.8 Å². The van der Waals surface area contributed by atoms with Crippen molar-refractivity contribution in [1.82, 2.24) is 4.90 Å². The third-order valence-corrected chi connectivity index (χ3v) is 6.54. The predicted octanol–water partition coefficient (Wildman–Crippen LogP) is 5.25. The van der Waals surface area contributed by atoms with Crippen LogP contribution in [0, 0.1) is 0 Å². The minimum atomic E-state index is -0.624. The Hall–Kier alpha value is -3.78. The lowest BCUT2D eigenvalue weighted by atomic mass is 10.2. The van der Waals surface area contributed by atoms with E-state index >= 15 is 0 Å². The van der Waals surface area contributed by atoms with Crippen LogP contribution in [0.2, 0.25) is 0 Å². The second-order valence-electron chi connectivity index (χ2n) is 7.79. The Balaban J connectivity index is 1.59. The first kappa shape index (κ1) is 24.3. The predicted molar refractivity (Wildman–Crippen MR) is 139 cm³/mol. The summed E-state index contributed by atoms with van der Waals surface area (Å²) in [7, 11) is 1.55. The Kier molecular flexibility index (Phi) is 8.05. The van der Waals surface area contributed by atoms with Gasteiger partial charge in [-0.3, -0.25) is 14.5 Å². The van der Waals surface area contributed by atoms with E-state index in [-0.39, 0.29) is 18.2 Å². The van der Waals surface area contributed by atoms with Crippen LogP contribution in [0.4, 0.5) is 11.4 Å². The molecule has 1 atom stereocenters. The van der Waals surface area contributed by atoms with Gasteiger partial charge in [-0.2, -0.15) is 0 Å². The van der Waals surface area contributed by atoms with E-state index in [1.807, 2.05) is 73.7 Å². The Bertz CT molecular complexity index is 1200. The first-order valence-corrected chi connectivity index (χ1v) is 12.2. The number of amides is 2. The van der Waals surface area contributed by atoms with Gasteiger partial charge in [-0.05, 0) is 48.9 Å². The van der Waals surface area contributed by atoms with Crippen LogP contribution in [0.5, 0.6) is 11.5 Å². The molecule has 8 heteroatoms. The van der Waals surface area contributed by atoms with Crippen LogP contribution < -0.4 is 14.8 Å². The number of nitrogens with zero attached hydrogens (tertiary/aromatic N) is 2. The molecule has 2 amide bonds. The van der Waals surface area contributed by atoms with Crippen LogP contribution in [-0.2, 0) is 16.1 Å². The summed E-state index contributed by atoms with van der Waals surface area (Å²) in [5, 5.41) is 2.75. The molecule has 3 aromatic carbocycles. The average Bonchev–Trinajstić information content (AvgIpc) is 2.88. The number of thioether (sulfide) groups is 1. The van der Waals surface area contributed by atoms with Gasteiger partial charge in [-0.15, -0.1) is 0 Å². The van der Waals surface area contributed by atoms with Gasteiger partial charge in [0.1, 0.15) is 16.7 Å². The molecule has 7 nitrogen and oxygen atoms in total. The fourth-order valence-corrected chi connectivity index (χ4v) is 4.72. The van der Waals surface area contributed by atoms with E-state index < -0.39 is 5.25 Å². The number of nitrogens with one attached hydrogen (secondary N) is 1. The quantitative estimate of drug-likeness (QED) is 0.467. The lowest BCUT2D eigenvalue weighted by Crippen LogP contribution is -2.44. The van der Waals surface area contributed by atoms with E-state index in [9.17, 15) is 9.59 Å². The standard InChI is InChI=1S/C27H27N3O4S/c1-3-34-21-15-13-20(14-16-21)28-27-30(18-19-9-5-4-6-10-19)25(31)17-24(35-27)26(32)29-22-11-7-8-12-23(22)33-2/h4-16,24H,3,17-18H2,1-2H3,(H,29,32)/t24-/m0/s1. The van der Waals surface area contributed by atoms with Crippen LogP contribution in [0.15, 0.2) is 83.9 Å².